The first-order valence-corrected chi connectivity index (χ1v) is 2.27. The van der Waals surface area contributed by atoms with Crippen LogP contribution in [-0.2, 0) is 0 Å². The minimum atomic E-state index is 0. The molecule has 37 valence electrons. The Bertz CT molecular complexity index is 120. The monoisotopic (exact) mass is 99.1 g/mol. The van der Waals surface area contributed by atoms with E-state index in [0.29, 0.717) is 6.42 Å². The topological polar surface area (TPSA) is 0 Å². The quantitative estimate of drug-likeness (QED) is 0.310. The molecule has 0 spiro atoms. The van der Waals surface area contributed by atoms with Crippen molar-refractivity contribution in [3.8, 4) is 17.8 Å². The first-order chi connectivity index (χ1) is 3.41. The second-order valence-corrected chi connectivity index (χ2v) is 1.06. The predicted molar refractivity (Wildman–Crippen MR) is 37.0 cm³/mol. The van der Waals surface area contributed by atoms with Gasteiger partial charge in [0, 0.05) is 6.42 Å². The summed E-state index contributed by atoms with van der Waals surface area (Å²) in [4.78, 5) is 0. The van der Waals surface area contributed by atoms with Gasteiger partial charge in [-0.3, -0.25) is 0 Å². The Balaban J connectivity index is 0. The summed E-state index contributed by atoms with van der Waals surface area (Å²) in [5.74, 6) is 7.73. The summed E-state index contributed by atoms with van der Waals surface area (Å²) in [5, 5.41) is 0. The van der Waals surface area contributed by atoms with E-state index >= 15 is 0 Å². The Kier molecular flexibility index (Phi) is 13.1. The molecule has 1 radical (unpaired) electrons. The molecule has 0 rings (SSSR count). The van der Waals surface area contributed by atoms with Crippen LogP contribution >= 0.6 is 0 Å². The van der Waals surface area contributed by atoms with Crippen LogP contribution in [0.4, 0.5) is 0 Å². The van der Waals surface area contributed by atoms with E-state index < -0.39 is 0 Å². The molecule has 0 aromatic heterocycles. The fraction of sp³-hybridized carbons (Fsp3) is 0.429. The van der Waals surface area contributed by atoms with E-state index in [2.05, 4.69) is 17.8 Å². The van der Waals surface area contributed by atoms with Crippen molar-refractivity contribution in [3.63, 3.8) is 0 Å². The average Bonchev–Trinajstić information content (AvgIpc) is 1.69. The first-order valence-electron chi connectivity index (χ1n) is 2.27. The second kappa shape index (κ2) is 9.87. The standard InChI is InChI=1S/C7H7.Li.H/c1-3-5-7-6-4-2;;/h3,6H2,1H3;;. The maximum atomic E-state index is 6.43. The van der Waals surface area contributed by atoms with Gasteiger partial charge in [-0.25, -0.2) is 0 Å². The molecule has 0 nitrogen and oxygen atoms in total. The predicted octanol–water partition coefficient (Wildman–Crippen LogP) is 0.731. The molecular formula is C7H8Li. The third-order valence-corrected chi connectivity index (χ3v) is 0.479. The fourth-order valence-corrected chi connectivity index (χ4v) is 0.232. The molecule has 0 bridgehead atoms. The Morgan fingerprint density at radius 1 is 1.38 bits per heavy atom. The summed E-state index contributed by atoms with van der Waals surface area (Å²) in [6.07, 6.45) is 7.79. The second-order valence-electron chi connectivity index (χ2n) is 1.06. The van der Waals surface area contributed by atoms with E-state index in [9.17, 15) is 0 Å². The number of rotatable bonds is 0. The molecule has 0 saturated carbocycles. The molecule has 0 aromatic rings. The zero-order chi connectivity index (χ0) is 5.54. The van der Waals surface area contributed by atoms with Crippen LogP contribution in [0.5, 0.6) is 0 Å². The van der Waals surface area contributed by atoms with Crippen molar-refractivity contribution in [1.82, 2.24) is 0 Å². The molecule has 0 saturated heterocycles. The molecule has 1 heteroatoms. The summed E-state index contributed by atoms with van der Waals surface area (Å²) in [6, 6.07) is 0. The van der Waals surface area contributed by atoms with E-state index in [1.165, 1.54) is 0 Å². The summed E-state index contributed by atoms with van der Waals surface area (Å²) in [5.41, 5.74) is 0. The van der Waals surface area contributed by atoms with Gasteiger partial charge in [0.1, 0.15) is 0 Å². The SMILES string of the molecule is [C]#CCC#CCC.[LiH]. The van der Waals surface area contributed by atoms with Crippen LogP contribution in [0.25, 0.3) is 0 Å². The maximum absolute atomic E-state index is 6.43. The molecule has 0 unspecified atom stereocenters. The van der Waals surface area contributed by atoms with Gasteiger partial charge in [-0.1, -0.05) is 18.8 Å². The normalized spacial score (nSPS) is 5.00. The van der Waals surface area contributed by atoms with Crippen molar-refractivity contribution in [2.24, 2.45) is 0 Å². The summed E-state index contributed by atoms with van der Waals surface area (Å²) < 4.78 is 0. The summed E-state index contributed by atoms with van der Waals surface area (Å²) in [7, 11) is 0. The average molecular weight is 99.1 g/mol. The Morgan fingerprint density at radius 3 is 2.38 bits per heavy atom. The number of hydrogen-bond donors (Lipinski definition) is 0. The Hall–Kier alpha value is -0.283. The molecule has 0 fully saturated rings. The van der Waals surface area contributed by atoms with Gasteiger partial charge in [-0.2, -0.15) is 0 Å². The van der Waals surface area contributed by atoms with Gasteiger partial charge in [-0.15, -0.1) is 5.92 Å². The van der Waals surface area contributed by atoms with Crippen molar-refractivity contribution in [1.29, 1.82) is 0 Å². The zero-order valence-electron chi connectivity index (χ0n) is 4.41. The van der Waals surface area contributed by atoms with Crippen molar-refractivity contribution >= 4 is 18.9 Å². The molecule has 0 aromatic carbocycles. The van der Waals surface area contributed by atoms with Crippen LogP contribution < -0.4 is 0 Å². The first kappa shape index (κ1) is 10.7. The van der Waals surface area contributed by atoms with Crippen LogP contribution in [0, 0.1) is 24.2 Å². The third-order valence-electron chi connectivity index (χ3n) is 0.479. The van der Waals surface area contributed by atoms with Crippen LogP contribution in [-0.4, -0.2) is 18.9 Å². The van der Waals surface area contributed by atoms with Gasteiger partial charge >= 0.3 is 18.9 Å². The molecular weight excluding hydrogens is 91.0 g/mol. The van der Waals surface area contributed by atoms with E-state index in [4.69, 9.17) is 6.42 Å². The van der Waals surface area contributed by atoms with Gasteiger partial charge < -0.3 is 0 Å². The molecule has 0 aliphatic rings. The minimum absolute atomic E-state index is 0. The summed E-state index contributed by atoms with van der Waals surface area (Å²) in [6.45, 7) is 1.98. The molecule has 0 aliphatic carbocycles. The van der Waals surface area contributed by atoms with Crippen molar-refractivity contribution in [2.45, 2.75) is 19.8 Å². The third kappa shape index (κ3) is 9.21. The van der Waals surface area contributed by atoms with Crippen LogP contribution in [0.2, 0.25) is 0 Å². The van der Waals surface area contributed by atoms with Gasteiger partial charge in [0.2, 0.25) is 0 Å². The van der Waals surface area contributed by atoms with Gasteiger partial charge in [0.05, 0.1) is 6.42 Å². The van der Waals surface area contributed by atoms with Gasteiger partial charge in [0.25, 0.3) is 0 Å². The fourth-order valence-electron chi connectivity index (χ4n) is 0.232. The van der Waals surface area contributed by atoms with Gasteiger partial charge in [-0.05, 0) is 6.42 Å². The van der Waals surface area contributed by atoms with Crippen LogP contribution in [0.15, 0.2) is 0 Å². The molecule has 0 heterocycles. The number of hydrogen-bond acceptors (Lipinski definition) is 0. The van der Waals surface area contributed by atoms with Crippen molar-refractivity contribution < 1.29 is 0 Å². The zero-order valence-corrected chi connectivity index (χ0v) is 4.41. The van der Waals surface area contributed by atoms with Crippen molar-refractivity contribution in [2.75, 3.05) is 0 Å². The van der Waals surface area contributed by atoms with E-state index in [0.717, 1.165) is 6.42 Å². The van der Waals surface area contributed by atoms with Gasteiger partial charge in [0.15, 0.2) is 0 Å². The molecule has 0 aliphatic heterocycles. The Labute approximate surface area is 63.2 Å². The Morgan fingerprint density at radius 2 is 2.00 bits per heavy atom. The van der Waals surface area contributed by atoms with Crippen molar-refractivity contribution in [3.05, 3.63) is 6.42 Å². The molecule has 0 atom stereocenters. The van der Waals surface area contributed by atoms with Crippen LogP contribution in [0.1, 0.15) is 19.8 Å². The molecule has 8 heavy (non-hydrogen) atoms. The molecule has 0 N–H and O–H groups in total. The van der Waals surface area contributed by atoms with E-state index in [1.807, 2.05) is 6.92 Å². The van der Waals surface area contributed by atoms with Crippen LogP contribution in [0.3, 0.4) is 0 Å². The van der Waals surface area contributed by atoms with E-state index in [1.54, 1.807) is 0 Å². The van der Waals surface area contributed by atoms with E-state index in [-0.39, 0.29) is 18.9 Å². The summed E-state index contributed by atoms with van der Waals surface area (Å²) >= 11 is 0. The molecule has 0 amide bonds.